The van der Waals surface area contributed by atoms with Crippen LogP contribution in [0.1, 0.15) is 25.6 Å². The van der Waals surface area contributed by atoms with Gasteiger partial charge in [0, 0.05) is 17.9 Å². The molecule has 1 N–H and O–H groups in total. The Balaban J connectivity index is 1.67. The largest absolute Gasteiger partial charge is 0.379 e. The number of nitrogens with zero attached hydrogens (tertiary/aromatic N) is 5. The number of hydrogen-bond donors (Lipinski definition) is 1. The van der Waals surface area contributed by atoms with Crippen molar-refractivity contribution >= 4 is 5.69 Å². The van der Waals surface area contributed by atoms with E-state index in [1.807, 2.05) is 36.8 Å². The highest BCUT2D eigenvalue weighted by atomic mass is 15.3. The molecule has 6 heteroatoms. The van der Waals surface area contributed by atoms with Crippen LogP contribution in [-0.2, 0) is 6.54 Å². The number of imidazole rings is 1. The van der Waals surface area contributed by atoms with Crippen molar-refractivity contribution in [3.8, 4) is 5.69 Å². The van der Waals surface area contributed by atoms with Crippen molar-refractivity contribution in [2.45, 2.75) is 26.4 Å². The van der Waals surface area contributed by atoms with Crippen LogP contribution in [0.15, 0.2) is 49.4 Å². The van der Waals surface area contributed by atoms with Crippen LogP contribution >= 0.6 is 0 Å². The van der Waals surface area contributed by atoms with Gasteiger partial charge in [0.1, 0.15) is 12.7 Å². The van der Waals surface area contributed by atoms with Crippen molar-refractivity contribution in [3.05, 3.63) is 55.1 Å². The quantitative estimate of drug-likeness (QED) is 0.781. The van der Waals surface area contributed by atoms with Gasteiger partial charge in [0.15, 0.2) is 0 Å². The SMILES string of the molecule is CC(C)n1cncc1CNc1ccc(-n2cncn2)cc1. The average Bonchev–Trinajstić information content (AvgIpc) is 3.17. The lowest BCUT2D eigenvalue weighted by atomic mass is 10.2. The summed E-state index contributed by atoms with van der Waals surface area (Å²) in [5.74, 6) is 0. The standard InChI is InChI=1S/C15H18N6/c1-12(2)20-10-16-7-15(20)8-18-13-3-5-14(6-4-13)21-11-17-9-19-21/h3-7,9-12,18H,8H2,1-2H3. The third kappa shape index (κ3) is 2.94. The Kier molecular flexibility index (Phi) is 3.68. The summed E-state index contributed by atoms with van der Waals surface area (Å²) in [6, 6.07) is 8.51. The van der Waals surface area contributed by atoms with E-state index < -0.39 is 0 Å². The summed E-state index contributed by atoms with van der Waals surface area (Å²) in [7, 11) is 0. The Morgan fingerprint density at radius 1 is 1.10 bits per heavy atom. The molecule has 0 amide bonds. The second-order valence-corrected chi connectivity index (χ2v) is 5.13. The fourth-order valence-electron chi connectivity index (χ4n) is 2.20. The van der Waals surface area contributed by atoms with E-state index in [2.05, 4.69) is 38.8 Å². The third-order valence-corrected chi connectivity index (χ3v) is 3.33. The van der Waals surface area contributed by atoms with Gasteiger partial charge in [-0.25, -0.2) is 14.6 Å². The van der Waals surface area contributed by atoms with Crippen molar-refractivity contribution in [2.75, 3.05) is 5.32 Å². The minimum absolute atomic E-state index is 0.416. The third-order valence-electron chi connectivity index (χ3n) is 3.33. The molecule has 2 heterocycles. The Bertz CT molecular complexity index is 681. The molecule has 1 aromatic carbocycles. The molecule has 21 heavy (non-hydrogen) atoms. The smallest absolute Gasteiger partial charge is 0.138 e. The molecule has 0 atom stereocenters. The first-order chi connectivity index (χ1) is 10.2. The molecule has 3 rings (SSSR count). The van der Waals surface area contributed by atoms with Crippen LogP contribution in [0.3, 0.4) is 0 Å². The van der Waals surface area contributed by atoms with E-state index in [0.29, 0.717) is 6.04 Å². The number of anilines is 1. The van der Waals surface area contributed by atoms with E-state index >= 15 is 0 Å². The van der Waals surface area contributed by atoms with Gasteiger partial charge in [-0.05, 0) is 38.1 Å². The molecule has 0 radical (unpaired) electrons. The topological polar surface area (TPSA) is 60.6 Å². The second-order valence-electron chi connectivity index (χ2n) is 5.13. The molecule has 0 unspecified atom stereocenters. The monoisotopic (exact) mass is 282 g/mol. The zero-order valence-electron chi connectivity index (χ0n) is 12.1. The fraction of sp³-hybridized carbons (Fsp3) is 0.267. The lowest BCUT2D eigenvalue weighted by molar-refractivity contribution is 0.577. The van der Waals surface area contributed by atoms with E-state index in [1.165, 1.54) is 12.0 Å². The summed E-state index contributed by atoms with van der Waals surface area (Å²) in [6.45, 7) is 5.05. The van der Waals surface area contributed by atoms with Gasteiger partial charge in [0.05, 0.1) is 24.3 Å². The van der Waals surface area contributed by atoms with Crippen molar-refractivity contribution in [3.63, 3.8) is 0 Å². The van der Waals surface area contributed by atoms with Gasteiger partial charge in [-0.1, -0.05) is 0 Å². The van der Waals surface area contributed by atoms with Crippen LogP contribution < -0.4 is 5.32 Å². The van der Waals surface area contributed by atoms with Gasteiger partial charge >= 0.3 is 0 Å². The van der Waals surface area contributed by atoms with Crippen molar-refractivity contribution in [1.29, 1.82) is 0 Å². The zero-order chi connectivity index (χ0) is 14.7. The zero-order valence-corrected chi connectivity index (χ0v) is 12.1. The summed E-state index contributed by atoms with van der Waals surface area (Å²) in [5.41, 5.74) is 3.23. The summed E-state index contributed by atoms with van der Waals surface area (Å²) in [5, 5.41) is 7.52. The van der Waals surface area contributed by atoms with Crippen LogP contribution in [-0.4, -0.2) is 24.3 Å². The fourth-order valence-corrected chi connectivity index (χ4v) is 2.20. The summed E-state index contributed by atoms with van der Waals surface area (Å²) < 4.78 is 3.90. The molecule has 3 aromatic rings. The maximum absolute atomic E-state index is 4.21. The molecule has 6 nitrogen and oxygen atoms in total. The second kappa shape index (κ2) is 5.78. The molecule has 0 spiro atoms. The lowest BCUT2D eigenvalue weighted by Gasteiger charge is -2.13. The van der Waals surface area contributed by atoms with Crippen molar-refractivity contribution in [1.82, 2.24) is 24.3 Å². The number of aromatic nitrogens is 5. The Hall–Kier alpha value is -2.63. The van der Waals surface area contributed by atoms with Crippen LogP contribution in [0, 0.1) is 0 Å². The van der Waals surface area contributed by atoms with Crippen LogP contribution in [0.2, 0.25) is 0 Å². The number of rotatable bonds is 5. The maximum Gasteiger partial charge on any atom is 0.138 e. The molecule has 108 valence electrons. The normalized spacial score (nSPS) is 11.0. The highest BCUT2D eigenvalue weighted by molar-refractivity contribution is 5.48. The molecular weight excluding hydrogens is 264 g/mol. The molecule has 0 bridgehead atoms. The van der Waals surface area contributed by atoms with Gasteiger partial charge in [0.25, 0.3) is 0 Å². The Labute approximate surface area is 123 Å². The highest BCUT2D eigenvalue weighted by Crippen LogP contribution is 2.14. The first-order valence-corrected chi connectivity index (χ1v) is 6.93. The van der Waals surface area contributed by atoms with Crippen molar-refractivity contribution in [2.24, 2.45) is 0 Å². The van der Waals surface area contributed by atoms with E-state index in [4.69, 9.17) is 0 Å². The molecule has 0 aliphatic carbocycles. The minimum atomic E-state index is 0.416. The first kappa shape index (κ1) is 13.4. The van der Waals surface area contributed by atoms with Crippen LogP contribution in [0.5, 0.6) is 0 Å². The number of hydrogen-bond acceptors (Lipinski definition) is 4. The summed E-state index contributed by atoms with van der Waals surface area (Å²) in [6.07, 6.45) is 6.98. The Morgan fingerprint density at radius 3 is 2.57 bits per heavy atom. The maximum atomic E-state index is 4.21. The summed E-state index contributed by atoms with van der Waals surface area (Å²) >= 11 is 0. The molecule has 0 aliphatic rings. The summed E-state index contributed by atoms with van der Waals surface area (Å²) in [4.78, 5) is 8.15. The van der Waals surface area contributed by atoms with Gasteiger partial charge in [-0.15, -0.1) is 0 Å². The van der Waals surface area contributed by atoms with Crippen LogP contribution in [0.4, 0.5) is 5.69 Å². The number of nitrogens with one attached hydrogen (secondary N) is 1. The van der Waals surface area contributed by atoms with E-state index in [9.17, 15) is 0 Å². The number of benzene rings is 1. The van der Waals surface area contributed by atoms with Gasteiger partial charge in [0.2, 0.25) is 0 Å². The molecule has 2 aromatic heterocycles. The molecule has 0 saturated heterocycles. The van der Waals surface area contributed by atoms with Gasteiger partial charge in [-0.3, -0.25) is 0 Å². The first-order valence-electron chi connectivity index (χ1n) is 6.93. The van der Waals surface area contributed by atoms with Crippen LogP contribution in [0.25, 0.3) is 5.69 Å². The van der Waals surface area contributed by atoms with Crippen molar-refractivity contribution < 1.29 is 0 Å². The Morgan fingerprint density at radius 2 is 1.90 bits per heavy atom. The van der Waals surface area contributed by atoms with Gasteiger partial charge in [-0.2, -0.15) is 5.10 Å². The predicted molar refractivity (Wildman–Crippen MR) is 81.3 cm³/mol. The molecule has 0 fully saturated rings. The predicted octanol–water partition coefficient (Wildman–Crippen LogP) is 2.66. The van der Waals surface area contributed by atoms with Gasteiger partial charge < -0.3 is 9.88 Å². The highest BCUT2D eigenvalue weighted by Gasteiger charge is 2.05. The van der Waals surface area contributed by atoms with E-state index in [-0.39, 0.29) is 0 Å². The average molecular weight is 282 g/mol. The lowest BCUT2D eigenvalue weighted by Crippen LogP contribution is -2.08. The van der Waals surface area contributed by atoms with E-state index in [1.54, 1.807) is 11.0 Å². The molecule has 0 saturated carbocycles. The minimum Gasteiger partial charge on any atom is -0.379 e. The van der Waals surface area contributed by atoms with E-state index in [0.717, 1.165) is 17.9 Å². The molecule has 0 aliphatic heterocycles. The molecular formula is C15H18N6.